The highest BCUT2D eigenvalue weighted by atomic mass is 32.2. The molecular weight excluding hydrogens is 446 g/mol. The van der Waals surface area contributed by atoms with E-state index in [1.54, 1.807) is 24.3 Å². The van der Waals surface area contributed by atoms with Crippen molar-refractivity contribution in [2.24, 2.45) is 5.92 Å². The number of benzene rings is 2. The fraction of sp³-hybridized carbons (Fsp3) is 0.273. The van der Waals surface area contributed by atoms with Crippen molar-refractivity contribution in [1.82, 2.24) is 14.3 Å². The molecule has 0 radical (unpaired) electrons. The number of hydrogen-bond acceptors (Lipinski definition) is 8. The second-order valence-corrected chi connectivity index (χ2v) is 9.76. The van der Waals surface area contributed by atoms with Crippen LogP contribution in [-0.4, -0.2) is 40.7 Å². The summed E-state index contributed by atoms with van der Waals surface area (Å²) >= 11 is 0. The van der Waals surface area contributed by atoms with E-state index in [0.29, 0.717) is 36.3 Å². The average Bonchev–Trinajstić information content (AvgIpc) is 2.80. The molecule has 3 aromatic rings. The zero-order valence-electron chi connectivity index (χ0n) is 17.9. The number of rotatable bonds is 7. The Morgan fingerprint density at radius 3 is 2.64 bits per heavy atom. The lowest BCUT2D eigenvalue weighted by Crippen LogP contribution is -2.37. The second-order valence-electron chi connectivity index (χ2n) is 7.82. The first kappa shape index (κ1) is 22.6. The highest BCUT2D eigenvalue weighted by Gasteiger charge is 2.30. The van der Waals surface area contributed by atoms with E-state index >= 15 is 0 Å². The van der Waals surface area contributed by atoms with E-state index in [4.69, 9.17) is 4.74 Å². The summed E-state index contributed by atoms with van der Waals surface area (Å²) in [7, 11) is -3.80. The van der Waals surface area contributed by atoms with Gasteiger partial charge in [-0.3, -0.25) is 15.1 Å². The number of ether oxygens (including phenoxy) is 1. The minimum absolute atomic E-state index is 0.0889. The van der Waals surface area contributed by atoms with Crippen LogP contribution in [0.3, 0.4) is 0 Å². The van der Waals surface area contributed by atoms with Gasteiger partial charge in [-0.15, -0.1) is 0 Å². The fourth-order valence-corrected chi connectivity index (χ4v) is 5.04. The maximum absolute atomic E-state index is 13.0. The van der Waals surface area contributed by atoms with Crippen LogP contribution in [0.1, 0.15) is 19.8 Å². The quantitative estimate of drug-likeness (QED) is 0.400. The third kappa shape index (κ3) is 5.26. The van der Waals surface area contributed by atoms with Crippen LogP contribution in [0, 0.1) is 16.0 Å². The van der Waals surface area contributed by atoms with Gasteiger partial charge in [-0.25, -0.2) is 13.4 Å². The number of nitrogens with one attached hydrogen (secondary N) is 1. The summed E-state index contributed by atoms with van der Waals surface area (Å²) in [6, 6.07) is 10.7. The van der Waals surface area contributed by atoms with Crippen molar-refractivity contribution in [2.45, 2.75) is 24.7 Å². The summed E-state index contributed by atoms with van der Waals surface area (Å²) in [6.07, 6.45) is 6.04. The molecule has 10 nitrogen and oxygen atoms in total. The van der Waals surface area contributed by atoms with Crippen LogP contribution in [0.15, 0.2) is 66.0 Å². The summed E-state index contributed by atoms with van der Waals surface area (Å²) in [4.78, 5) is 19.0. The molecule has 1 aromatic heterocycles. The molecule has 1 fully saturated rings. The number of piperidine rings is 1. The first-order valence-electron chi connectivity index (χ1n) is 10.4. The van der Waals surface area contributed by atoms with Crippen molar-refractivity contribution >= 4 is 27.1 Å². The van der Waals surface area contributed by atoms with Gasteiger partial charge in [-0.05, 0) is 43.0 Å². The van der Waals surface area contributed by atoms with Crippen LogP contribution in [0.25, 0.3) is 0 Å². The zero-order chi connectivity index (χ0) is 23.4. The number of anilines is 2. The van der Waals surface area contributed by atoms with Crippen molar-refractivity contribution in [1.29, 1.82) is 0 Å². The molecule has 1 N–H and O–H groups in total. The Kier molecular flexibility index (Phi) is 6.52. The molecule has 2 heterocycles. The van der Waals surface area contributed by atoms with E-state index in [0.717, 1.165) is 18.9 Å². The van der Waals surface area contributed by atoms with Crippen LogP contribution in [0.5, 0.6) is 11.6 Å². The van der Waals surface area contributed by atoms with Crippen molar-refractivity contribution in [3.05, 3.63) is 71.2 Å². The number of nitro benzene ring substituents is 1. The lowest BCUT2D eigenvalue weighted by atomic mass is 10.0. The highest BCUT2D eigenvalue weighted by Crippen LogP contribution is 2.33. The summed E-state index contributed by atoms with van der Waals surface area (Å²) < 4.78 is 33.1. The molecule has 0 saturated carbocycles. The molecule has 1 saturated heterocycles. The molecule has 0 amide bonds. The molecule has 33 heavy (non-hydrogen) atoms. The molecule has 172 valence electrons. The normalized spacial score (nSPS) is 15.2. The Labute approximate surface area is 191 Å². The molecule has 1 aliphatic heterocycles. The monoisotopic (exact) mass is 469 g/mol. The van der Waals surface area contributed by atoms with Crippen molar-refractivity contribution in [3.8, 4) is 11.6 Å². The maximum Gasteiger partial charge on any atom is 0.294 e. The van der Waals surface area contributed by atoms with Gasteiger partial charge < -0.3 is 10.1 Å². The Hall–Kier alpha value is -3.57. The molecule has 0 unspecified atom stereocenters. The zero-order valence-corrected chi connectivity index (χ0v) is 18.7. The van der Waals surface area contributed by atoms with Gasteiger partial charge in [-0.1, -0.05) is 13.0 Å². The molecule has 4 rings (SSSR count). The summed E-state index contributed by atoms with van der Waals surface area (Å²) in [5, 5.41) is 14.7. The van der Waals surface area contributed by atoms with Gasteiger partial charge in [0.15, 0.2) is 0 Å². The molecule has 0 spiro atoms. The van der Waals surface area contributed by atoms with Crippen molar-refractivity contribution in [2.75, 3.05) is 18.4 Å². The number of aromatic nitrogens is 2. The largest absolute Gasteiger partial charge is 0.437 e. The van der Waals surface area contributed by atoms with Gasteiger partial charge >= 0.3 is 0 Å². The standard InChI is InChI=1S/C22H23N5O5S/c1-16-7-11-26(12-8-16)33(30,31)19-5-6-20(21(14-19)27(28)29)25-17-3-2-4-18(13-17)32-22-15-23-9-10-24-22/h2-6,9-10,13-16,25H,7-8,11-12H2,1H3. The van der Waals surface area contributed by atoms with Crippen LogP contribution in [0.2, 0.25) is 0 Å². The third-order valence-corrected chi connectivity index (χ3v) is 7.32. The fourth-order valence-electron chi connectivity index (χ4n) is 3.55. The Morgan fingerprint density at radius 2 is 1.94 bits per heavy atom. The van der Waals surface area contributed by atoms with Crippen LogP contribution < -0.4 is 10.1 Å². The van der Waals surface area contributed by atoms with Crippen molar-refractivity contribution < 1.29 is 18.1 Å². The van der Waals surface area contributed by atoms with E-state index in [1.807, 2.05) is 0 Å². The minimum Gasteiger partial charge on any atom is -0.437 e. The van der Waals surface area contributed by atoms with Crippen LogP contribution in [0.4, 0.5) is 17.1 Å². The molecule has 11 heteroatoms. The summed E-state index contributed by atoms with van der Waals surface area (Å²) in [6.45, 7) is 2.91. The summed E-state index contributed by atoms with van der Waals surface area (Å²) in [5.41, 5.74) is 0.365. The predicted octanol–water partition coefficient (Wildman–Crippen LogP) is 4.34. The molecule has 0 bridgehead atoms. The van der Waals surface area contributed by atoms with Crippen LogP contribution in [-0.2, 0) is 10.0 Å². The smallest absolute Gasteiger partial charge is 0.294 e. The Bertz CT molecular complexity index is 1250. The Balaban J connectivity index is 1.58. The minimum atomic E-state index is -3.80. The predicted molar refractivity (Wildman–Crippen MR) is 122 cm³/mol. The molecule has 0 atom stereocenters. The maximum atomic E-state index is 13.0. The Morgan fingerprint density at radius 1 is 1.15 bits per heavy atom. The molecule has 0 aliphatic carbocycles. The molecule has 2 aromatic carbocycles. The lowest BCUT2D eigenvalue weighted by molar-refractivity contribution is -0.384. The number of nitro groups is 1. The first-order valence-corrected chi connectivity index (χ1v) is 11.9. The lowest BCUT2D eigenvalue weighted by Gasteiger charge is -2.29. The van der Waals surface area contributed by atoms with E-state index in [9.17, 15) is 18.5 Å². The number of sulfonamides is 1. The van der Waals surface area contributed by atoms with Gasteiger partial charge in [0.05, 0.1) is 16.0 Å². The van der Waals surface area contributed by atoms with E-state index in [-0.39, 0.29) is 16.3 Å². The summed E-state index contributed by atoms with van der Waals surface area (Å²) in [5.74, 6) is 1.23. The average molecular weight is 470 g/mol. The molecule has 1 aliphatic rings. The first-order chi connectivity index (χ1) is 15.8. The SMILES string of the molecule is CC1CCN(S(=O)(=O)c2ccc(Nc3cccc(Oc4cnccn4)c3)c([N+](=O)[O-])c2)CC1. The second kappa shape index (κ2) is 9.51. The van der Waals surface area contributed by atoms with Gasteiger partial charge in [0.25, 0.3) is 5.69 Å². The van der Waals surface area contributed by atoms with Gasteiger partial charge in [0.2, 0.25) is 15.9 Å². The van der Waals surface area contributed by atoms with Gasteiger partial charge in [-0.2, -0.15) is 4.31 Å². The number of nitrogens with zero attached hydrogens (tertiary/aromatic N) is 4. The third-order valence-electron chi connectivity index (χ3n) is 5.42. The topological polar surface area (TPSA) is 128 Å². The van der Waals surface area contributed by atoms with E-state index in [1.165, 1.54) is 35.0 Å². The highest BCUT2D eigenvalue weighted by molar-refractivity contribution is 7.89. The van der Waals surface area contributed by atoms with Gasteiger partial charge in [0.1, 0.15) is 11.4 Å². The van der Waals surface area contributed by atoms with E-state index < -0.39 is 14.9 Å². The number of hydrogen-bond donors (Lipinski definition) is 1. The molecular formula is C22H23N5O5S. The van der Waals surface area contributed by atoms with Crippen LogP contribution >= 0.6 is 0 Å². The van der Waals surface area contributed by atoms with E-state index in [2.05, 4.69) is 22.2 Å². The van der Waals surface area contributed by atoms with Crippen molar-refractivity contribution in [3.63, 3.8) is 0 Å². The van der Waals surface area contributed by atoms with Gasteiger partial charge in [0, 0.05) is 43.3 Å².